The Balaban J connectivity index is 1.81. The highest BCUT2D eigenvalue weighted by molar-refractivity contribution is 9.10. The molecule has 1 amide bonds. The number of aryl methyl sites for hydroxylation is 1. The topological polar surface area (TPSA) is 49.3 Å². The van der Waals surface area contributed by atoms with Gasteiger partial charge in [-0.1, -0.05) is 0 Å². The van der Waals surface area contributed by atoms with Crippen LogP contribution in [0.3, 0.4) is 0 Å². The summed E-state index contributed by atoms with van der Waals surface area (Å²) in [6.07, 6.45) is 2.46. The number of phenols is 1. The van der Waals surface area contributed by atoms with Crippen LogP contribution in [0.1, 0.15) is 38.9 Å². The quantitative estimate of drug-likeness (QED) is 0.790. The van der Waals surface area contributed by atoms with Crippen molar-refractivity contribution in [2.75, 3.05) is 5.32 Å². The van der Waals surface area contributed by atoms with Crippen molar-refractivity contribution in [1.82, 2.24) is 0 Å². The van der Waals surface area contributed by atoms with E-state index in [1.54, 1.807) is 12.1 Å². The Morgan fingerprint density at radius 2 is 2.15 bits per heavy atom. The third-order valence-corrected chi connectivity index (χ3v) is 5.14. The van der Waals surface area contributed by atoms with Crippen LogP contribution in [0.2, 0.25) is 0 Å². The average molecular weight is 352 g/mol. The Bertz CT molecular complexity index is 677. The number of amides is 1. The molecule has 1 fully saturated rings. The summed E-state index contributed by atoms with van der Waals surface area (Å²) in [7, 11) is 0. The lowest BCUT2D eigenvalue weighted by Crippen LogP contribution is -2.10. The first-order chi connectivity index (χ1) is 9.54. The van der Waals surface area contributed by atoms with E-state index in [4.69, 9.17) is 0 Å². The minimum absolute atomic E-state index is 0.0583. The van der Waals surface area contributed by atoms with Gasteiger partial charge in [0, 0.05) is 4.88 Å². The number of phenolic OH excluding ortho intramolecular Hbond substituents is 1. The Hall–Kier alpha value is -1.33. The van der Waals surface area contributed by atoms with Gasteiger partial charge in [0.1, 0.15) is 0 Å². The van der Waals surface area contributed by atoms with Gasteiger partial charge in [0.25, 0.3) is 5.91 Å². The number of carbonyl (C=O) groups excluding carboxylic acids is 1. The summed E-state index contributed by atoms with van der Waals surface area (Å²) in [6, 6.07) is 7.45. The van der Waals surface area contributed by atoms with Gasteiger partial charge >= 0.3 is 0 Å². The SMILES string of the molecule is Cc1cc(Br)c(O)c(NC(=O)c2ccc(C3CC3)s2)c1. The number of anilines is 1. The molecule has 1 aliphatic carbocycles. The smallest absolute Gasteiger partial charge is 0.265 e. The second kappa shape index (κ2) is 5.22. The van der Waals surface area contributed by atoms with Crippen molar-refractivity contribution in [3.63, 3.8) is 0 Å². The fourth-order valence-electron chi connectivity index (χ4n) is 2.08. The highest BCUT2D eigenvalue weighted by Crippen LogP contribution is 2.43. The summed E-state index contributed by atoms with van der Waals surface area (Å²) >= 11 is 4.82. The lowest BCUT2D eigenvalue weighted by atomic mass is 10.2. The Kier molecular flexibility index (Phi) is 3.56. The number of rotatable bonds is 3. The average Bonchev–Trinajstić information content (AvgIpc) is 3.13. The van der Waals surface area contributed by atoms with Crippen molar-refractivity contribution < 1.29 is 9.90 Å². The monoisotopic (exact) mass is 351 g/mol. The second-order valence-electron chi connectivity index (χ2n) is 5.07. The van der Waals surface area contributed by atoms with Gasteiger partial charge in [0.2, 0.25) is 0 Å². The molecule has 0 spiro atoms. The third kappa shape index (κ3) is 2.74. The van der Waals surface area contributed by atoms with E-state index in [9.17, 15) is 9.90 Å². The first-order valence-electron chi connectivity index (χ1n) is 6.45. The molecule has 0 atom stereocenters. The number of aromatic hydroxyl groups is 1. The van der Waals surface area contributed by atoms with Crippen molar-refractivity contribution in [1.29, 1.82) is 0 Å². The first kappa shape index (κ1) is 13.6. The van der Waals surface area contributed by atoms with Gasteiger partial charge in [0.05, 0.1) is 15.0 Å². The molecule has 20 heavy (non-hydrogen) atoms. The molecule has 0 saturated heterocycles. The summed E-state index contributed by atoms with van der Waals surface area (Å²) in [5.41, 5.74) is 1.40. The van der Waals surface area contributed by atoms with Gasteiger partial charge in [-0.05, 0) is 71.4 Å². The molecule has 3 nitrogen and oxygen atoms in total. The van der Waals surface area contributed by atoms with E-state index in [0.29, 0.717) is 21.0 Å². The van der Waals surface area contributed by atoms with E-state index < -0.39 is 0 Å². The fraction of sp³-hybridized carbons (Fsp3) is 0.267. The summed E-state index contributed by atoms with van der Waals surface area (Å²) in [6.45, 7) is 1.91. The molecule has 1 aromatic carbocycles. The predicted octanol–water partition coefficient (Wildman–Crippen LogP) is 4.65. The van der Waals surface area contributed by atoms with E-state index in [-0.39, 0.29) is 11.7 Å². The highest BCUT2D eigenvalue weighted by atomic mass is 79.9. The molecule has 0 unspecified atom stereocenters. The number of hydrogen-bond donors (Lipinski definition) is 2. The first-order valence-corrected chi connectivity index (χ1v) is 8.06. The van der Waals surface area contributed by atoms with E-state index in [1.807, 2.05) is 19.1 Å². The number of halogens is 1. The molecule has 0 bridgehead atoms. The van der Waals surface area contributed by atoms with Crippen molar-refractivity contribution in [3.8, 4) is 5.75 Å². The van der Waals surface area contributed by atoms with Gasteiger partial charge in [-0.3, -0.25) is 4.79 Å². The van der Waals surface area contributed by atoms with Gasteiger partial charge in [-0.15, -0.1) is 11.3 Å². The summed E-state index contributed by atoms with van der Waals surface area (Å²) in [5.74, 6) is 0.542. The molecule has 2 aromatic rings. The second-order valence-corrected chi connectivity index (χ2v) is 7.04. The maximum Gasteiger partial charge on any atom is 0.265 e. The lowest BCUT2D eigenvalue weighted by molar-refractivity contribution is 0.103. The molecule has 104 valence electrons. The van der Waals surface area contributed by atoms with Gasteiger partial charge < -0.3 is 10.4 Å². The minimum Gasteiger partial charge on any atom is -0.505 e. The molecule has 1 saturated carbocycles. The van der Waals surface area contributed by atoms with Crippen LogP contribution in [0, 0.1) is 6.92 Å². The van der Waals surface area contributed by atoms with Crippen LogP contribution < -0.4 is 5.32 Å². The van der Waals surface area contributed by atoms with Crippen molar-refractivity contribution in [3.05, 3.63) is 44.1 Å². The molecule has 3 rings (SSSR count). The molecule has 2 N–H and O–H groups in total. The summed E-state index contributed by atoms with van der Waals surface area (Å²) < 4.78 is 0.581. The summed E-state index contributed by atoms with van der Waals surface area (Å²) in [5, 5.41) is 12.7. The van der Waals surface area contributed by atoms with E-state index in [2.05, 4.69) is 21.2 Å². The zero-order chi connectivity index (χ0) is 14.3. The number of nitrogens with one attached hydrogen (secondary N) is 1. The minimum atomic E-state index is -0.172. The fourth-order valence-corrected chi connectivity index (χ4v) is 3.72. The largest absolute Gasteiger partial charge is 0.505 e. The zero-order valence-electron chi connectivity index (χ0n) is 10.9. The van der Waals surface area contributed by atoms with Crippen LogP contribution in [-0.2, 0) is 0 Å². The van der Waals surface area contributed by atoms with E-state index >= 15 is 0 Å². The van der Waals surface area contributed by atoms with Crippen LogP contribution in [-0.4, -0.2) is 11.0 Å². The zero-order valence-corrected chi connectivity index (χ0v) is 13.3. The Labute approximate surface area is 129 Å². The maximum atomic E-state index is 12.2. The van der Waals surface area contributed by atoms with Crippen LogP contribution in [0.5, 0.6) is 5.75 Å². The number of benzene rings is 1. The third-order valence-electron chi connectivity index (χ3n) is 3.29. The number of hydrogen-bond acceptors (Lipinski definition) is 3. The number of thiophene rings is 1. The normalized spacial score (nSPS) is 14.3. The predicted molar refractivity (Wildman–Crippen MR) is 84.8 cm³/mol. The highest BCUT2D eigenvalue weighted by Gasteiger charge is 2.26. The molecule has 0 radical (unpaired) electrons. The molecule has 1 heterocycles. The van der Waals surface area contributed by atoms with E-state index in [1.165, 1.54) is 29.1 Å². The molecule has 1 aromatic heterocycles. The Morgan fingerprint density at radius 3 is 2.85 bits per heavy atom. The number of carbonyl (C=O) groups is 1. The van der Waals surface area contributed by atoms with Gasteiger partial charge in [0.15, 0.2) is 5.75 Å². The van der Waals surface area contributed by atoms with Crippen LogP contribution in [0.4, 0.5) is 5.69 Å². The van der Waals surface area contributed by atoms with Crippen molar-refractivity contribution in [2.24, 2.45) is 0 Å². The van der Waals surface area contributed by atoms with Crippen molar-refractivity contribution >= 4 is 38.9 Å². The van der Waals surface area contributed by atoms with Crippen LogP contribution in [0.15, 0.2) is 28.7 Å². The summed E-state index contributed by atoms with van der Waals surface area (Å²) in [4.78, 5) is 14.2. The lowest BCUT2D eigenvalue weighted by Gasteiger charge is -2.09. The van der Waals surface area contributed by atoms with Gasteiger partial charge in [-0.25, -0.2) is 0 Å². The van der Waals surface area contributed by atoms with Crippen LogP contribution in [0.25, 0.3) is 0 Å². The van der Waals surface area contributed by atoms with Crippen molar-refractivity contribution in [2.45, 2.75) is 25.7 Å². The van der Waals surface area contributed by atoms with Gasteiger partial charge in [-0.2, -0.15) is 0 Å². The van der Waals surface area contributed by atoms with Crippen LogP contribution >= 0.6 is 27.3 Å². The molecular formula is C15H14BrNO2S. The Morgan fingerprint density at radius 1 is 1.40 bits per heavy atom. The molecule has 5 heteroatoms. The maximum absolute atomic E-state index is 12.2. The van der Waals surface area contributed by atoms with E-state index in [0.717, 1.165) is 5.56 Å². The molecule has 0 aliphatic heterocycles. The molecular weight excluding hydrogens is 338 g/mol. The molecule has 1 aliphatic rings. The standard InChI is InChI=1S/C15H14BrNO2S/c1-8-6-10(16)14(18)11(7-8)17-15(19)13-5-4-12(20-13)9-2-3-9/h4-7,9,18H,2-3H2,1H3,(H,17,19).